The highest BCUT2D eigenvalue weighted by Crippen LogP contribution is 2.28. The van der Waals surface area contributed by atoms with Crippen LogP contribution in [0.4, 0.5) is 0 Å². The standard InChI is InChI=1S/C17H16ClNO2/c1-2-19-10-12(14-8-7-13(18)9-15(14)19)11-21-17-6-4-3-5-16(17)20/h3-10,20H,2,11H2,1H3. The first-order valence-electron chi connectivity index (χ1n) is 6.87. The maximum atomic E-state index is 9.74. The normalized spacial score (nSPS) is 11.0. The molecule has 0 unspecified atom stereocenters. The molecular formula is C17H16ClNO2. The Bertz CT molecular complexity index is 780. The molecule has 0 amide bonds. The van der Waals surface area contributed by atoms with E-state index < -0.39 is 0 Å². The molecule has 0 aliphatic carbocycles. The first-order valence-corrected chi connectivity index (χ1v) is 7.25. The number of hydrogen-bond donors (Lipinski definition) is 1. The number of para-hydroxylation sites is 2. The monoisotopic (exact) mass is 301 g/mol. The number of aromatic hydroxyl groups is 1. The van der Waals surface area contributed by atoms with E-state index in [1.165, 1.54) is 0 Å². The van der Waals surface area contributed by atoms with Crippen molar-refractivity contribution < 1.29 is 9.84 Å². The number of rotatable bonds is 4. The van der Waals surface area contributed by atoms with Crippen molar-refractivity contribution >= 4 is 22.5 Å². The fourth-order valence-electron chi connectivity index (χ4n) is 2.45. The number of fused-ring (bicyclic) bond motifs is 1. The molecule has 108 valence electrons. The summed E-state index contributed by atoms with van der Waals surface area (Å²) in [5, 5.41) is 11.6. The fraction of sp³-hybridized carbons (Fsp3) is 0.176. The number of nitrogens with zero attached hydrogens (tertiary/aromatic N) is 1. The van der Waals surface area contributed by atoms with Crippen molar-refractivity contribution in [1.29, 1.82) is 0 Å². The van der Waals surface area contributed by atoms with Crippen LogP contribution < -0.4 is 4.74 Å². The summed E-state index contributed by atoms with van der Waals surface area (Å²) in [4.78, 5) is 0. The largest absolute Gasteiger partial charge is 0.504 e. The maximum absolute atomic E-state index is 9.74. The van der Waals surface area contributed by atoms with Crippen LogP contribution in [0, 0.1) is 0 Å². The first-order chi connectivity index (χ1) is 10.2. The van der Waals surface area contributed by atoms with E-state index in [1.807, 2.05) is 24.3 Å². The van der Waals surface area contributed by atoms with Crippen LogP contribution in [0.5, 0.6) is 11.5 Å². The van der Waals surface area contributed by atoms with Crippen molar-refractivity contribution in [3.63, 3.8) is 0 Å². The first kappa shape index (κ1) is 13.8. The molecule has 0 radical (unpaired) electrons. The van der Waals surface area contributed by atoms with Gasteiger partial charge in [0.1, 0.15) is 6.61 Å². The second kappa shape index (κ2) is 5.70. The quantitative estimate of drug-likeness (QED) is 0.764. The van der Waals surface area contributed by atoms with Crippen LogP contribution in [0.1, 0.15) is 12.5 Å². The number of benzene rings is 2. The summed E-state index contributed by atoms with van der Waals surface area (Å²) in [5.74, 6) is 0.642. The molecule has 1 heterocycles. The van der Waals surface area contributed by atoms with Crippen LogP contribution in [-0.4, -0.2) is 9.67 Å². The Morgan fingerprint density at radius 2 is 2.00 bits per heavy atom. The third-order valence-electron chi connectivity index (χ3n) is 3.52. The number of phenols is 1. The van der Waals surface area contributed by atoms with Crippen molar-refractivity contribution in [3.8, 4) is 11.5 Å². The molecule has 1 aromatic heterocycles. The van der Waals surface area contributed by atoms with Crippen molar-refractivity contribution in [2.24, 2.45) is 0 Å². The lowest BCUT2D eigenvalue weighted by Gasteiger charge is -2.06. The van der Waals surface area contributed by atoms with Gasteiger partial charge in [-0.1, -0.05) is 29.8 Å². The van der Waals surface area contributed by atoms with Gasteiger partial charge in [0.25, 0.3) is 0 Å². The third kappa shape index (κ3) is 2.69. The van der Waals surface area contributed by atoms with Gasteiger partial charge in [0.15, 0.2) is 11.5 Å². The van der Waals surface area contributed by atoms with E-state index >= 15 is 0 Å². The molecule has 0 saturated carbocycles. The summed E-state index contributed by atoms with van der Waals surface area (Å²) in [5.41, 5.74) is 2.17. The lowest BCUT2D eigenvalue weighted by molar-refractivity contribution is 0.290. The Kier molecular flexibility index (Phi) is 3.76. The highest BCUT2D eigenvalue weighted by molar-refractivity contribution is 6.31. The minimum absolute atomic E-state index is 0.153. The molecule has 21 heavy (non-hydrogen) atoms. The molecule has 2 aromatic carbocycles. The number of hydrogen-bond acceptors (Lipinski definition) is 2. The van der Waals surface area contributed by atoms with Gasteiger partial charge in [0, 0.05) is 34.2 Å². The topological polar surface area (TPSA) is 34.4 Å². The van der Waals surface area contributed by atoms with E-state index in [2.05, 4.69) is 17.7 Å². The summed E-state index contributed by atoms with van der Waals surface area (Å²) in [6.07, 6.45) is 2.07. The van der Waals surface area contributed by atoms with Gasteiger partial charge in [-0.15, -0.1) is 0 Å². The Labute approximate surface area is 128 Å². The Morgan fingerprint density at radius 1 is 1.19 bits per heavy atom. The van der Waals surface area contributed by atoms with Crippen LogP contribution in [-0.2, 0) is 13.2 Å². The average molecular weight is 302 g/mol. The Morgan fingerprint density at radius 3 is 2.76 bits per heavy atom. The molecular weight excluding hydrogens is 286 g/mol. The predicted molar refractivity (Wildman–Crippen MR) is 85.1 cm³/mol. The predicted octanol–water partition coefficient (Wildman–Crippen LogP) is 4.60. The van der Waals surface area contributed by atoms with E-state index in [1.54, 1.807) is 18.2 Å². The summed E-state index contributed by atoms with van der Waals surface area (Å²) >= 11 is 6.07. The molecule has 0 spiro atoms. The highest BCUT2D eigenvalue weighted by atomic mass is 35.5. The van der Waals surface area contributed by atoms with Crippen molar-refractivity contribution in [3.05, 3.63) is 59.2 Å². The van der Waals surface area contributed by atoms with Gasteiger partial charge in [-0.05, 0) is 31.2 Å². The van der Waals surface area contributed by atoms with Crippen LogP contribution >= 0.6 is 11.6 Å². The minimum atomic E-state index is 0.153. The molecule has 3 aromatic rings. The van der Waals surface area contributed by atoms with E-state index in [9.17, 15) is 5.11 Å². The number of ether oxygens (including phenoxy) is 1. The van der Waals surface area contributed by atoms with Gasteiger partial charge in [-0.2, -0.15) is 0 Å². The van der Waals surface area contributed by atoms with E-state index in [4.69, 9.17) is 16.3 Å². The SMILES string of the molecule is CCn1cc(COc2ccccc2O)c2ccc(Cl)cc21. The van der Waals surface area contributed by atoms with Gasteiger partial charge >= 0.3 is 0 Å². The molecule has 0 atom stereocenters. The fourth-order valence-corrected chi connectivity index (χ4v) is 2.62. The zero-order chi connectivity index (χ0) is 14.8. The van der Waals surface area contributed by atoms with Crippen LogP contribution in [0.3, 0.4) is 0 Å². The molecule has 0 fully saturated rings. The Hall–Kier alpha value is -2.13. The van der Waals surface area contributed by atoms with Crippen molar-refractivity contribution in [2.75, 3.05) is 0 Å². The zero-order valence-electron chi connectivity index (χ0n) is 11.7. The molecule has 1 N–H and O–H groups in total. The molecule has 0 aliphatic heterocycles. The van der Waals surface area contributed by atoms with Gasteiger partial charge < -0.3 is 14.4 Å². The molecule has 3 nitrogen and oxygen atoms in total. The number of halogens is 1. The smallest absolute Gasteiger partial charge is 0.161 e. The highest BCUT2D eigenvalue weighted by Gasteiger charge is 2.10. The lowest BCUT2D eigenvalue weighted by atomic mass is 10.2. The van der Waals surface area contributed by atoms with E-state index in [0.717, 1.165) is 28.0 Å². The summed E-state index contributed by atoms with van der Waals surface area (Å²) in [7, 11) is 0. The summed E-state index contributed by atoms with van der Waals surface area (Å²) in [6.45, 7) is 3.37. The maximum Gasteiger partial charge on any atom is 0.161 e. The number of phenolic OH excluding ortho intramolecular Hbond substituents is 1. The van der Waals surface area contributed by atoms with Gasteiger partial charge in [0.05, 0.1) is 0 Å². The molecule has 0 bridgehead atoms. The molecule has 4 heteroatoms. The number of aromatic nitrogens is 1. The van der Waals surface area contributed by atoms with Crippen LogP contribution in [0.2, 0.25) is 5.02 Å². The van der Waals surface area contributed by atoms with Crippen molar-refractivity contribution in [1.82, 2.24) is 4.57 Å². The van der Waals surface area contributed by atoms with Gasteiger partial charge in [-0.25, -0.2) is 0 Å². The second-order valence-electron chi connectivity index (χ2n) is 4.86. The second-order valence-corrected chi connectivity index (χ2v) is 5.29. The van der Waals surface area contributed by atoms with E-state index in [0.29, 0.717) is 12.4 Å². The van der Waals surface area contributed by atoms with E-state index in [-0.39, 0.29) is 5.75 Å². The summed E-state index contributed by atoms with van der Waals surface area (Å²) in [6, 6.07) is 12.8. The van der Waals surface area contributed by atoms with Crippen LogP contribution in [0.15, 0.2) is 48.7 Å². The third-order valence-corrected chi connectivity index (χ3v) is 3.75. The lowest BCUT2D eigenvalue weighted by Crippen LogP contribution is -1.95. The van der Waals surface area contributed by atoms with Gasteiger partial charge in [-0.3, -0.25) is 0 Å². The van der Waals surface area contributed by atoms with Crippen molar-refractivity contribution in [2.45, 2.75) is 20.1 Å². The zero-order valence-corrected chi connectivity index (χ0v) is 12.5. The molecule has 0 aliphatic rings. The minimum Gasteiger partial charge on any atom is -0.504 e. The van der Waals surface area contributed by atoms with Gasteiger partial charge in [0.2, 0.25) is 0 Å². The van der Waals surface area contributed by atoms with Crippen LogP contribution in [0.25, 0.3) is 10.9 Å². The number of aryl methyl sites for hydroxylation is 1. The summed E-state index contributed by atoms with van der Waals surface area (Å²) < 4.78 is 7.87. The molecule has 0 saturated heterocycles. The molecule has 3 rings (SSSR count). The average Bonchev–Trinajstić information content (AvgIpc) is 2.83. The Balaban J connectivity index is 1.92.